The fourth-order valence-electron chi connectivity index (χ4n) is 5.34. The van der Waals surface area contributed by atoms with E-state index in [9.17, 15) is 22.8 Å². The molecule has 3 atom stereocenters. The number of hydrogen-bond acceptors (Lipinski definition) is 5. The van der Waals surface area contributed by atoms with Gasteiger partial charge in [-0.15, -0.1) is 0 Å². The van der Waals surface area contributed by atoms with Crippen molar-refractivity contribution in [3.05, 3.63) is 69.3 Å². The summed E-state index contributed by atoms with van der Waals surface area (Å²) >= 11 is 0. The van der Waals surface area contributed by atoms with E-state index in [-0.39, 0.29) is 22.4 Å². The third-order valence-electron chi connectivity index (χ3n) is 7.86. The molecule has 1 amide bonds. The van der Waals surface area contributed by atoms with Gasteiger partial charge in [0, 0.05) is 50.3 Å². The number of aromatic nitrogens is 2. The zero-order valence-corrected chi connectivity index (χ0v) is 21.2. The highest BCUT2D eigenvalue weighted by atomic mass is 19.4. The Morgan fingerprint density at radius 1 is 1.14 bits per heavy atom. The van der Waals surface area contributed by atoms with Gasteiger partial charge in [-0.25, -0.2) is 4.98 Å². The Morgan fingerprint density at radius 2 is 1.76 bits per heavy atom. The van der Waals surface area contributed by atoms with Crippen molar-refractivity contribution in [3.63, 3.8) is 0 Å². The Bertz CT molecular complexity index is 1410. The molecule has 0 aliphatic carbocycles. The van der Waals surface area contributed by atoms with Crippen LogP contribution in [0, 0.1) is 18.8 Å². The minimum Gasteiger partial charge on any atom is -0.381 e. The van der Waals surface area contributed by atoms with Crippen molar-refractivity contribution in [3.8, 4) is 0 Å². The lowest BCUT2D eigenvalue weighted by molar-refractivity contribution is -0.138. The molecule has 0 unspecified atom stereocenters. The Kier molecular flexibility index (Phi) is 6.26. The average molecular weight is 515 g/mol. The highest BCUT2D eigenvalue weighted by Gasteiger charge is 2.39. The van der Waals surface area contributed by atoms with Crippen LogP contribution in [-0.4, -0.2) is 53.7 Å². The highest BCUT2D eigenvalue weighted by Crippen LogP contribution is 2.39. The summed E-state index contributed by atoms with van der Waals surface area (Å²) in [6.07, 6.45) is -4.62. The Morgan fingerprint density at radius 3 is 2.35 bits per heavy atom. The molecule has 0 saturated carbocycles. The lowest BCUT2D eigenvalue weighted by Gasteiger charge is -2.30. The van der Waals surface area contributed by atoms with E-state index in [1.807, 2.05) is 4.90 Å². The molecule has 196 valence electrons. The first-order chi connectivity index (χ1) is 17.5. The van der Waals surface area contributed by atoms with Crippen molar-refractivity contribution < 1.29 is 22.7 Å². The molecule has 3 heterocycles. The number of likely N-dealkylation sites (tertiary alicyclic amines) is 1. The third-order valence-corrected chi connectivity index (χ3v) is 7.86. The topological polar surface area (TPSA) is 67.7 Å². The molecule has 10 heteroatoms. The average Bonchev–Trinajstić information content (AvgIpc) is 3.48. The Hall–Kier alpha value is -3.40. The van der Waals surface area contributed by atoms with Crippen molar-refractivity contribution in [2.45, 2.75) is 26.1 Å². The maximum absolute atomic E-state index is 14.1. The van der Waals surface area contributed by atoms with Crippen LogP contribution >= 0.6 is 0 Å². The van der Waals surface area contributed by atoms with Crippen molar-refractivity contribution in [1.29, 1.82) is 0 Å². The summed E-state index contributed by atoms with van der Waals surface area (Å²) in [4.78, 5) is 33.5. The number of nitrogens with zero attached hydrogens (tertiary/aromatic N) is 4. The SMILES string of the molecule is Cc1nc2cc(C(F)(F)F)c([C@H](C)N(C)c3ccc(C(=O)N4C[C@H]5COC[C@H]5C4)cc3)cc2c(=O)n1C. The van der Waals surface area contributed by atoms with E-state index in [0.717, 1.165) is 6.07 Å². The minimum absolute atomic E-state index is 0.0174. The first-order valence-corrected chi connectivity index (χ1v) is 12.2. The van der Waals surface area contributed by atoms with Gasteiger partial charge in [0.15, 0.2) is 0 Å². The molecule has 2 aliphatic heterocycles. The number of rotatable bonds is 4. The van der Waals surface area contributed by atoms with Crippen LogP contribution in [0.5, 0.6) is 0 Å². The maximum atomic E-state index is 14.1. The number of ether oxygens (including phenoxy) is 1. The normalized spacial score (nSPS) is 20.4. The molecule has 0 N–H and O–H groups in total. The largest absolute Gasteiger partial charge is 0.416 e. The van der Waals surface area contributed by atoms with Crippen LogP contribution < -0.4 is 10.5 Å². The maximum Gasteiger partial charge on any atom is 0.416 e. The van der Waals surface area contributed by atoms with Crippen LogP contribution in [0.4, 0.5) is 18.9 Å². The summed E-state index contributed by atoms with van der Waals surface area (Å²) in [7, 11) is 3.24. The number of carbonyl (C=O) groups excluding carboxylic acids is 1. The molecule has 7 nitrogen and oxygen atoms in total. The monoisotopic (exact) mass is 514 g/mol. The number of amides is 1. The van der Waals surface area contributed by atoms with Gasteiger partial charge in [0.2, 0.25) is 0 Å². The summed E-state index contributed by atoms with van der Waals surface area (Å²) in [6, 6.07) is 8.44. The van der Waals surface area contributed by atoms with E-state index < -0.39 is 23.3 Å². The van der Waals surface area contributed by atoms with Crippen molar-refractivity contribution in [2.75, 3.05) is 38.3 Å². The number of hydrogen-bond donors (Lipinski definition) is 0. The van der Waals surface area contributed by atoms with Crippen LogP contribution in [0.15, 0.2) is 41.2 Å². The van der Waals surface area contributed by atoms with E-state index in [1.165, 1.54) is 10.6 Å². The van der Waals surface area contributed by atoms with Crippen molar-refractivity contribution in [1.82, 2.24) is 14.5 Å². The summed E-state index contributed by atoms with van der Waals surface area (Å²) in [6.45, 7) is 5.97. The molecule has 0 spiro atoms. The van der Waals surface area contributed by atoms with Crippen LogP contribution in [0.3, 0.4) is 0 Å². The molecule has 2 fully saturated rings. The Labute approximate surface area is 212 Å². The van der Waals surface area contributed by atoms with Gasteiger partial charge < -0.3 is 14.5 Å². The first-order valence-electron chi connectivity index (χ1n) is 12.2. The minimum atomic E-state index is -4.62. The number of halogens is 3. The van der Waals surface area contributed by atoms with Gasteiger partial charge in [0.25, 0.3) is 11.5 Å². The first kappa shape index (κ1) is 25.3. The van der Waals surface area contributed by atoms with E-state index >= 15 is 0 Å². The van der Waals surface area contributed by atoms with Crippen LogP contribution in [0.1, 0.15) is 40.3 Å². The standard InChI is InChI=1S/C27H29F3N4O3/c1-15(21-9-22-24(10-23(21)27(28,29)30)31-16(2)33(4)26(22)36)32(3)20-7-5-17(6-8-20)25(35)34-11-18-13-37-14-19(18)12-34/h5-10,15,18-19H,11-14H2,1-4H3/t15-,18-,19+/m0/s1. The van der Waals surface area contributed by atoms with Crippen molar-refractivity contribution in [2.24, 2.45) is 18.9 Å². The van der Waals surface area contributed by atoms with Gasteiger partial charge in [-0.05, 0) is 55.8 Å². The second kappa shape index (κ2) is 9.16. The summed E-state index contributed by atoms with van der Waals surface area (Å²) in [5, 5.41) is 0.137. The summed E-state index contributed by atoms with van der Waals surface area (Å²) in [5.41, 5.74) is -0.0258. The molecule has 1 aromatic heterocycles. The smallest absolute Gasteiger partial charge is 0.381 e. The van der Waals surface area contributed by atoms with Crippen LogP contribution in [0.2, 0.25) is 0 Å². The molecule has 3 aromatic rings. The zero-order chi connectivity index (χ0) is 26.6. The number of benzene rings is 2. The molecule has 0 bridgehead atoms. The van der Waals surface area contributed by atoms with Gasteiger partial charge in [-0.1, -0.05) is 0 Å². The lowest BCUT2D eigenvalue weighted by Crippen LogP contribution is -2.30. The molecule has 37 heavy (non-hydrogen) atoms. The molecule has 5 rings (SSSR count). The second-order valence-corrected chi connectivity index (χ2v) is 10.1. The number of alkyl halides is 3. The quantitative estimate of drug-likeness (QED) is 0.523. The van der Waals surface area contributed by atoms with E-state index in [2.05, 4.69) is 4.98 Å². The molecule has 2 aliphatic rings. The van der Waals surface area contributed by atoms with Gasteiger partial charge >= 0.3 is 6.18 Å². The molecular weight excluding hydrogens is 485 g/mol. The van der Waals surface area contributed by atoms with Crippen molar-refractivity contribution >= 4 is 22.5 Å². The van der Waals surface area contributed by atoms with Crippen LogP contribution in [-0.2, 0) is 18.0 Å². The number of aryl methyl sites for hydroxylation is 1. The molecule has 2 saturated heterocycles. The van der Waals surface area contributed by atoms with E-state index in [1.54, 1.807) is 57.1 Å². The van der Waals surface area contributed by atoms with E-state index in [0.29, 0.717) is 55.2 Å². The number of carbonyl (C=O) groups is 1. The fourth-order valence-corrected chi connectivity index (χ4v) is 5.34. The Balaban J connectivity index is 1.43. The summed E-state index contributed by atoms with van der Waals surface area (Å²) < 4.78 is 49.0. The van der Waals surface area contributed by atoms with Gasteiger partial charge in [-0.3, -0.25) is 14.2 Å². The van der Waals surface area contributed by atoms with Crippen LogP contribution in [0.25, 0.3) is 10.9 Å². The predicted molar refractivity (Wildman–Crippen MR) is 134 cm³/mol. The third kappa shape index (κ3) is 4.47. The second-order valence-electron chi connectivity index (χ2n) is 10.1. The highest BCUT2D eigenvalue weighted by molar-refractivity contribution is 5.94. The molecular formula is C27H29F3N4O3. The van der Waals surface area contributed by atoms with E-state index in [4.69, 9.17) is 4.74 Å². The lowest BCUT2D eigenvalue weighted by atomic mass is 9.97. The van der Waals surface area contributed by atoms with Gasteiger partial charge in [-0.2, -0.15) is 13.2 Å². The number of fused-ring (bicyclic) bond motifs is 2. The fraction of sp³-hybridized carbons (Fsp3) is 0.444. The molecule has 0 radical (unpaired) electrons. The van der Waals surface area contributed by atoms with Gasteiger partial charge in [0.1, 0.15) is 5.82 Å². The summed E-state index contributed by atoms with van der Waals surface area (Å²) in [5.74, 6) is 1.06. The molecule has 2 aromatic carbocycles. The van der Waals surface area contributed by atoms with Gasteiger partial charge in [0.05, 0.1) is 35.7 Å². The number of anilines is 1. The zero-order valence-electron chi connectivity index (χ0n) is 21.2. The predicted octanol–water partition coefficient (Wildman–Crippen LogP) is 4.18.